The van der Waals surface area contributed by atoms with Crippen LogP contribution in [-0.2, 0) is 13.0 Å². The minimum Gasteiger partial charge on any atom is -0.394 e. The highest BCUT2D eigenvalue weighted by molar-refractivity contribution is 4.91. The fourth-order valence-corrected chi connectivity index (χ4v) is 1.08. The number of nitrogens with zero attached hydrogens (tertiary/aromatic N) is 2. The minimum atomic E-state index is -1.06. The number of aliphatic hydroxyl groups is 2. The minimum absolute atomic E-state index is 0.140. The molecule has 0 fully saturated rings. The second-order valence-corrected chi connectivity index (χ2v) is 3.08. The molecule has 1 aromatic rings. The molecule has 7 nitrogen and oxygen atoms in total. The summed E-state index contributed by atoms with van der Waals surface area (Å²) in [7, 11) is 0. The van der Waals surface area contributed by atoms with Crippen molar-refractivity contribution in [3.63, 3.8) is 0 Å². The van der Waals surface area contributed by atoms with Crippen molar-refractivity contribution in [2.45, 2.75) is 26.0 Å². The first-order valence-electron chi connectivity index (χ1n) is 4.57. The summed E-state index contributed by atoms with van der Waals surface area (Å²) >= 11 is 0. The van der Waals surface area contributed by atoms with Crippen LogP contribution in [0.5, 0.6) is 0 Å². The van der Waals surface area contributed by atoms with E-state index in [9.17, 15) is 9.59 Å². The molecule has 0 saturated heterocycles. The monoisotopic (exact) mass is 215 g/mol. The predicted octanol–water partition coefficient (Wildman–Crippen LogP) is -2.15. The maximum Gasteiger partial charge on any atom is 0.344 e. The average molecular weight is 215 g/mol. The van der Waals surface area contributed by atoms with E-state index in [1.54, 1.807) is 6.92 Å². The Bertz CT molecular complexity index is 436. The highest BCUT2D eigenvalue weighted by Gasteiger charge is 2.08. The topological polar surface area (TPSA) is 108 Å². The lowest BCUT2D eigenvalue weighted by Gasteiger charge is -2.08. The van der Waals surface area contributed by atoms with Gasteiger partial charge in [0.15, 0.2) is 0 Å². The molecule has 0 bridgehead atoms. The number of hydrogen-bond acceptors (Lipinski definition) is 5. The van der Waals surface area contributed by atoms with Crippen LogP contribution in [0.25, 0.3) is 0 Å². The Morgan fingerprint density at radius 2 is 2.20 bits per heavy atom. The summed E-state index contributed by atoms with van der Waals surface area (Å²) in [5, 5.41) is 21.5. The maximum atomic E-state index is 11.2. The number of hydrogen-bond donors (Lipinski definition) is 3. The molecule has 0 aliphatic heterocycles. The largest absolute Gasteiger partial charge is 0.394 e. The highest BCUT2D eigenvalue weighted by Crippen LogP contribution is 1.86. The van der Waals surface area contributed by atoms with Crippen molar-refractivity contribution in [3.8, 4) is 0 Å². The molecule has 0 aliphatic carbocycles. The van der Waals surface area contributed by atoms with Crippen molar-refractivity contribution < 1.29 is 10.2 Å². The van der Waals surface area contributed by atoms with E-state index in [4.69, 9.17) is 10.2 Å². The number of H-pyrrole nitrogens is 1. The maximum absolute atomic E-state index is 11.2. The molecule has 0 aliphatic rings. The molecular formula is C8H13N3O4. The van der Waals surface area contributed by atoms with Gasteiger partial charge in [-0.25, -0.2) is 9.48 Å². The summed E-state index contributed by atoms with van der Waals surface area (Å²) in [6, 6.07) is 0. The van der Waals surface area contributed by atoms with Gasteiger partial charge in [-0.1, -0.05) is 6.92 Å². The van der Waals surface area contributed by atoms with E-state index in [0.29, 0.717) is 6.42 Å². The number of aryl methyl sites for hydroxylation is 1. The van der Waals surface area contributed by atoms with Crippen molar-refractivity contribution >= 4 is 0 Å². The number of aromatic amines is 1. The molecule has 7 heteroatoms. The number of rotatable bonds is 4. The molecule has 0 spiro atoms. The number of nitrogens with one attached hydrogen (secondary N) is 1. The van der Waals surface area contributed by atoms with Gasteiger partial charge in [0.05, 0.1) is 19.3 Å². The van der Waals surface area contributed by atoms with Gasteiger partial charge in [0.2, 0.25) is 0 Å². The summed E-state index contributed by atoms with van der Waals surface area (Å²) in [5.41, 5.74) is -0.985. The molecule has 84 valence electrons. The molecule has 1 heterocycles. The second-order valence-electron chi connectivity index (χ2n) is 3.08. The Labute approximate surface area is 85.0 Å². The van der Waals surface area contributed by atoms with E-state index in [0.717, 1.165) is 4.68 Å². The number of aliphatic hydroxyl groups excluding tert-OH is 2. The first kappa shape index (κ1) is 11.6. The van der Waals surface area contributed by atoms with E-state index in [2.05, 4.69) is 10.1 Å². The van der Waals surface area contributed by atoms with Crippen LogP contribution in [0.4, 0.5) is 0 Å². The summed E-state index contributed by atoms with van der Waals surface area (Å²) in [6.45, 7) is 1.13. The van der Waals surface area contributed by atoms with E-state index in [1.165, 1.54) is 0 Å². The van der Waals surface area contributed by atoms with Gasteiger partial charge in [0, 0.05) is 0 Å². The van der Waals surface area contributed by atoms with Crippen LogP contribution >= 0.6 is 0 Å². The Morgan fingerprint density at radius 3 is 2.73 bits per heavy atom. The smallest absolute Gasteiger partial charge is 0.344 e. The lowest BCUT2D eigenvalue weighted by Crippen LogP contribution is -2.38. The quantitative estimate of drug-likeness (QED) is 0.530. The van der Waals surface area contributed by atoms with Gasteiger partial charge in [-0.05, 0) is 6.42 Å². The summed E-state index contributed by atoms with van der Waals surface area (Å²) in [4.78, 5) is 24.4. The van der Waals surface area contributed by atoms with E-state index >= 15 is 0 Å². The third kappa shape index (κ3) is 2.74. The summed E-state index contributed by atoms with van der Waals surface area (Å²) in [5.74, 6) is 0. The Morgan fingerprint density at radius 1 is 1.53 bits per heavy atom. The molecule has 15 heavy (non-hydrogen) atoms. The standard InChI is InChI=1S/C8H13N3O4/c1-2-6-7(14)9-8(15)11(10-6)3-5(13)4-12/h5,12-13H,2-4H2,1H3,(H,9,14,15). The lowest BCUT2D eigenvalue weighted by atomic mass is 10.3. The average Bonchev–Trinajstić information content (AvgIpc) is 2.21. The zero-order chi connectivity index (χ0) is 11.4. The van der Waals surface area contributed by atoms with Crippen molar-refractivity contribution in [3.05, 3.63) is 26.5 Å². The Hall–Kier alpha value is -1.47. The number of aromatic nitrogens is 3. The normalized spacial score (nSPS) is 12.7. The fourth-order valence-electron chi connectivity index (χ4n) is 1.08. The lowest BCUT2D eigenvalue weighted by molar-refractivity contribution is 0.0762. The molecule has 0 aromatic carbocycles. The first-order chi connectivity index (χ1) is 7.08. The van der Waals surface area contributed by atoms with Crippen LogP contribution in [0.1, 0.15) is 12.6 Å². The van der Waals surface area contributed by atoms with Gasteiger partial charge in [0.1, 0.15) is 5.69 Å². The van der Waals surface area contributed by atoms with Gasteiger partial charge in [-0.3, -0.25) is 9.78 Å². The van der Waals surface area contributed by atoms with Crippen LogP contribution in [0.15, 0.2) is 9.59 Å². The Kier molecular flexibility index (Phi) is 3.75. The van der Waals surface area contributed by atoms with Crippen LogP contribution < -0.4 is 11.2 Å². The van der Waals surface area contributed by atoms with E-state index in [-0.39, 0.29) is 12.2 Å². The molecule has 0 radical (unpaired) electrons. The molecule has 1 aromatic heterocycles. The SMILES string of the molecule is CCc1nn(CC(O)CO)c(=O)[nH]c1=O. The van der Waals surface area contributed by atoms with Gasteiger partial charge >= 0.3 is 5.69 Å². The molecular weight excluding hydrogens is 202 g/mol. The van der Waals surface area contributed by atoms with Gasteiger partial charge in [-0.15, -0.1) is 0 Å². The van der Waals surface area contributed by atoms with Gasteiger partial charge in [0.25, 0.3) is 5.56 Å². The third-order valence-electron chi connectivity index (χ3n) is 1.89. The zero-order valence-electron chi connectivity index (χ0n) is 8.30. The van der Waals surface area contributed by atoms with Crippen LogP contribution in [0.3, 0.4) is 0 Å². The summed E-state index contributed by atoms with van der Waals surface area (Å²) in [6.07, 6.45) is -0.670. The van der Waals surface area contributed by atoms with Crippen molar-refractivity contribution in [2.75, 3.05) is 6.61 Å². The molecule has 1 rings (SSSR count). The second kappa shape index (κ2) is 4.85. The molecule has 0 saturated carbocycles. The summed E-state index contributed by atoms with van der Waals surface area (Å²) < 4.78 is 0.932. The molecule has 1 atom stereocenters. The predicted molar refractivity (Wildman–Crippen MR) is 51.6 cm³/mol. The van der Waals surface area contributed by atoms with Gasteiger partial charge in [-0.2, -0.15) is 5.10 Å². The van der Waals surface area contributed by atoms with E-state index in [1.807, 2.05) is 0 Å². The van der Waals surface area contributed by atoms with E-state index < -0.39 is 24.0 Å². The zero-order valence-corrected chi connectivity index (χ0v) is 8.30. The van der Waals surface area contributed by atoms with Crippen LogP contribution in [-0.4, -0.2) is 37.7 Å². The Balaban J connectivity index is 3.08. The van der Waals surface area contributed by atoms with Gasteiger partial charge < -0.3 is 10.2 Å². The molecule has 1 unspecified atom stereocenters. The first-order valence-corrected chi connectivity index (χ1v) is 4.57. The molecule has 0 amide bonds. The third-order valence-corrected chi connectivity index (χ3v) is 1.89. The van der Waals surface area contributed by atoms with Crippen molar-refractivity contribution in [2.24, 2.45) is 0 Å². The fraction of sp³-hybridized carbons (Fsp3) is 0.625. The highest BCUT2D eigenvalue weighted by atomic mass is 16.3. The van der Waals surface area contributed by atoms with Crippen molar-refractivity contribution in [1.29, 1.82) is 0 Å². The van der Waals surface area contributed by atoms with Crippen LogP contribution in [0, 0.1) is 0 Å². The molecule has 3 N–H and O–H groups in total. The van der Waals surface area contributed by atoms with Crippen molar-refractivity contribution in [1.82, 2.24) is 14.8 Å². The van der Waals surface area contributed by atoms with Crippen LogP contribution in [0.2, 0.25) is 0 Å².